The van der Waals surface area contributed by atoms with Crippen molar-refractivity contribution in [1.29, 1.82) is 0 Å². The number of alkyl halides is 3. The highest BCUT2D eigenvalue weighted by molar-refractivity contribution is 7.90. The van der Waals surface area contributed by atoms with E-state index in [1.807, 2.05) is 6.07 Å². The molecule has 152 valence electrons. The van der Waals surface area contributed by atoms with Crippen molar-refractivity contribution in [1.82, 2.24) is 15.4 Å². The normalized spacial score (nSPS) is 22.1. The first-order valence-electron chi connectivity index (χ1n) is 8.45. The molecule has 0 bridgehead atoms. The first kappa shape index (κ1) is 21.9. The van der Waals surface area contributed by atoms with Gasteiger partial charge in [0.05, 0.1) is 12.6 Å². The third-order valence-corrected chi connectivity index (χ3v) is 5.84. The molecule has 0 spiro atoms. The maximum atomic E-state index is 12.6. The second kappa shape index (κ2) is 9.18. The van der Waals surface area contributed by atoms with E-state index in [4.69, 9.17) is 12.2 Å². The molecule has 27 heavy (non-hydrogen) atoms. The molecule has 1 aliphatic carbocycles. The fourth-order valence-electron chi connectivity index (χ4n) is 3.00. The van der Waals surface area contributed by atoms with Crippen molar-refractivity contribution >= 4 is 27.4 Å². The summed E-state index contributed by atoms with van der Waals surface area (Å²) in [6.07, 6.45) is 2.11. The number of rotatable bonds is 6. The lowest BCUT2D eigenvalue weighted by molar-refractivity contribution is -0.0453. The summed E-state index contributed by atoms with van der Waals surface area (Å²) in [7, 11) is -5.43. The second-order valence-corrected chi connectivity index (χ2v) is 8.44. The molecule has 1 aliphatic rings. The molecule has 6 nitrogen and oxygen atoms in total. The van der Waals surface area contributed by atoms with Crippen molar-refractivity contribution in [3.8, 4) is 0 Å². The lowest BCUT2D eigenvalue weighted by atomic mass is 9.91. The van der Waals surface area contributed by atoms with Crippen molar-refractivity contribution in [2.75, 3.05) is 6.61 Å². The Kier molecular flexibility index (Phi) is 7.43. The van der Waals surface area contributed by atoms with Crippen molar-refractivity contribution < 1.29 is 26.7 Å². The van der Waals surface area contributed by atoms with Crippen LogP contribution in [-0.2, 0) is 10.0 Å². The molecule has 0 saturated heterocycles. The van der Waals surface area contributed by atoms with E-state index < -0.39 is 33.7 Å². The minimum atomic E-state index is -5.43. The second-order valence-electron chi connectivity index (χ2n) is 6.33. The number of halogens is 3. The van der Waals surface area contributed by atoms with Crippen LogP contribution in [0.2, 0.25) is 0 Å². The van der Waals surface area contributed by atoms with Crippen LogP contribution in [0.15, 0.2) is 30.3 Å². The largest absolute Gasteiger partial charge is 0.511 e. The SMILES string of the molecule is O=S(=O)(N[C@H]1CCCC[C@@H]1NC(=S)NC(CO)c1ccccc1)C(F)(F)F. The molecule has 4 N–H and O–H groups in total. The molecule has 1 aromatic rings. The summed E-state index contributed by atoms with van der Waals surface area (Å²) >= 11 is 5.21. The van der Waals surface area contributed by atoms with Crippen LogP contribution in [0, 0.1) is 0 Å². The zero-order valence-electron chi connectivity index (χ0n) is 14.4. The molecule has 0 radical (unpaired) electrons. The summed E-state index contributed by atoms with van der Waals surface area (Å²) < 4.78 is 62.5. The average Bonchev–Trinajstić information content (AvgIpc) is 2.61. The number of aliphatic hydroxyl groups is 1. The van der Waals surface area contributed by atoms with E-state index in [1.54, 1.807) is 29.0 Å². The van der Waals surface area contributed by atoms with Crippen LogP contribution in [0.1, 0.15) is 37.3 Å². The van der Waals surface area contributed by atoms with E-state index in [9.17, 15) is 26.7 Å². The van der Waals surface area contributed by atoms with Gasteiger partial charge in [0.2, 0.25) is 0 Å². The van der Waals surface area contributed by atoms with Gasteiger partial charge in [0.15, 0.2) is 5.11 Å². The van der Waals surface area contributed by atoms with Crippen LogP contribution in [-0.4, -0.2) is 42.8 Å². The molecule has 1 fully saturated rings. The molecule has 0 heterocycles. The lowest BCUT2D eigenvalue weighted by Gasteiger charge is -2.34. The Morgan fingerprint density at radius 1 is 1.19 bits per heavy atom. The summed E-state index contributed by atoms with van der Waals surface area (Å²) in [4.78, 5) is 0. The third-order valence-electron chi connectivity index (χ3n) is 4.38. The maximum absolute atomic E-state index is 12.6. The Hall–Kier alpha value is -1.43. The summed E-state index contributed by atoms with van der Waals surface area (Å²) in [5, 5.41) is 15.5. The Balaban J connectivity index is 2.01. The van der Waals surface area contributed by atoms with Crippen molar-refractivity contribution in [3.63, 3.8) is 0 Å². The Labute approximate surface area is 161 Å². The van der Waals surface area contributed by atoms with Gasteiger partial charge in [-0.2, -0.15) is 13.2 Å². The number of sulfonamides is 1. The predicted molar refractivity (Wildman–Crippen MR) is 99.3 cm³/mol. The fourth-order valence-corrected chi connectivity index (χ4v) is 4.11. The topological polar surface area (TPSA) is 90.5 Å². The molecule has 1 saturated carbocycles. The van der Waals surface area contributed by atoms with E-state index >= 15 is 0 Å². The zero-order chi connectivity index (χ0) is 20.1. The van der Waals surface area contributed by atoms with Crippen LogP contribution in [0.5, 0.6) is 0 Å². The maximum Gasteiger partial charge on any atom is 0.511 e. The number of thiocarbonyl (C=S) groups is 1. The van der Waals surface area contributed by atoms with E-state index in [1.165, 1.54) is 0 Å². The number of hydrogen-bond acceptors (Lipinski definition) is 4. The number of aliphatic hydroxyl groups excluding tert-OH is 1. The molecule has 2 rings (SSSR count). The smallest absolute Gasteiger partial charge is 0.394 e. The molecule has 1 aromatic carbocycles. The van der Waals surface area contributed by atoms with Crippen LogP contribution in [0.3, 0.4) is 0 Å². The van der Waals surface area contributed by atoms with E-state index in [-0.39, 0.29) is 18.1 Å². The Morgan fingerprint density at radius 3 is 2.33 bits per heavy atom. The van der Waals surface area contributed by atoms with Gasteiger partial charge in [-0.1, -0.05) is 43.2 Å². The quantitative estimate of drug-likeness (QED) is 0.521. The molecule has 3 atom stereocenters. The molecule has 0 aliphatic heterocycles. The number of nitrogens with one attached hydrogen (secondary N) is 3. The summed E-state index contributed by atoms with van der Waals surface area (Å²) in [5.74, 6) is 0. The molecule has 1 unspecified atom stereocenters. The van der Waals surface area contributed by atoms with Gasteiger partial charge in [-0.05, 0) is 30.6 Å². The van der Waals surface area contributed by atoms with Gasteiger partial charge in [0.1, 0.15) is 0 Å². The fraction of sp³-hybridized carbons (Fsp3) is 0.562. The summed E-state index contributed by atoms with van der Waals surface area (Å²) in [6, 6.07) is 7.06. The highest BCUT2D eigenvalue weighted by Crippen LogP contribution is 2.26. The standard InChI is InChI=1S/C16H22F3N3O3S2/c17-16(18,19)27(24,25)22-13-9-5-4-8-12(13)20-15(26)21-14(10-23)11-6-2-1-3-7-11/h1-3,6-7,12-14,22-23H,4-5,8-10H2,(H2,20,21,26)/t12-,13-,14?/m0/s1. The molecular weight excluding hydrogens is 403 g/mol. The highest BCUT2D eigenvalue weighted by atomic mass is 32.2. The van der Waals surface area contributed by atoms with Crippen molar-refractivity contribution in [2.45, 2.75) is 49.3 Å². The summed E-state index contributed by atoms with van der Waals surface area (Å²) in [6.45, 7) is -0.235. The molecule has 0 aromatic heterocycles. The number of hydrogen-bond donors (Lipinski definition) is 4. The molecular formula is C16H22F3N3O3S2. The zero-order valence-corrected chi connectivity index (χ0v) is 16.0. The van der Waals surface area contributed by atoms with Gasteiger partial charge in [-0.25, -0.2) is 13.1 Å². The van der Waals surface area contributed by atoms with Crippen LogP contribution in [0.4, 0.5) is 13.2 Å². The van der Waals surface area contributed by atoms with Crippen LogP contribution >= 0.6 is 12.2 Å². The minimum Gasteiger partial charge on any atom is -0.394 e. The minimum absolute atomic E-state index is 0.140. The number of benzene rings is 1. The van der Waals surface area contributed by atoms with Gasteiger partial charge in [-0.15, -0.1) is 0 Å². The van der Waals surface area contributed by atoms with Crippen molar-refractivity contribution in [2.24, 2.45) is 0 Å². The van der Waals surface area contributed by atoms with E-state index in [0.717, 1.165) is 12.0 Å². The van der Waals surface area contributed by atoms with Gasteiger partial charge in [0.25, 0.3) is 0 Å². The van der Waals surface area contributed by atoms with Gasteiger partial charge < -0.3 is 15.7 Å². The van der Waals surface area contributed by atoms with Gasteiger partial charge >= 0.3 is 15.5 Å². The average molecular weight is 425 g/mol. The lowest BCUT2D eigenvalue weighted by Crippen LogP contribution is -2.57. The van der Waals surface area contributed by atoms with E-state index in [2.05, 4.69) is 10.6 Å². The van der Waals surface area contributed by atoms with Crippen LogP contribution < -0.4 is 15.4 Å². The Morgan fingerprint density at radius 2 is 1.78 bits per heavy atom. The van der Waals surface area contributed by atoms with Crippen LogP contribution in [0.25, 0.3) is 0 Å². The van der Waals surface area contributed by atoms with Gasteiger partial charge in [0, 0.05) is 12.1 Å². The van der Waals surface area contributed by atoms with Gasteiger partial charge in [-0.3, -0.25) is 0 Å². The monoisotopic (exact) mass is 425 g/mol. The highest BCUT2D eigenvalue weighted by Gasteiger charge is 2.47. The Bertz CT molecular complexity index is 729. The van der Waals surface area contributed by atoms with E-state index in [0.29, 0.717) is 12.8 Å². The first-order valence-corrected chi connectivity index (χ1v) is 10.3. The molecule has 11 heteroatoms. The van der Waals surface area contributed by atoms with Crippen molar-refractivity contribution in [3.05, 3.63) is 35.9 Å². The third kappa shape index (κ3) is 6.03. The summed E-state index contributed by atoms with van der Waals surface area (Å²) in [5.41, 5.74) is -4.56. The molecule has 0 amide bonds. The first-order chi connectivity index (χ1) is 12.6. The predicted octanol–water partition coefficient (Wildman–Crippen LogP) is 1.93.